The lowest BCUT2D eigenvalue weighted by Gasteiger charge is -2.29. The van der Waals surface area contributed by atoms with Gasteiger partial charge >= 0.3 is 0 Å². The molecule has 0 radical (unpaired) electrons. The first-order chi connectivity index (χ1) is 17.3. The Morgan fingerprint density at radius 3 is 2.39 bits per heavy atom. The predicted octanol–water partition coefficient (Wildman–Crippen LogP) is 4.51. The molecular formula is C25H20BrN3O7. The van der Waals surface area contributed by atoms with Crippen molar-refractivity contribution >= 4 is 44.8 Å². The number of hydrogen-bond donors (Lipinski definition) is 1. The number of anilines is 2. The quantitative estimate of drug-likeness (QED) is 0.268. The maximum Gasteiger partial charge on any atom is 0.269 e. The number of para-hydroxylation sites is 1. The van der Waals surface area contributed by atoms with Crippen LogP contribution in [0.2, 0.25) is 0 Å². The molecule has 3 aromatic rings. The lowest BCUT2D eigenvalue weighted by molar-refractivity contribution is -0.384. The van der Waals surface area contributed by atoms with Crippen molar-refractivity contribution in [3.63, 3.8) is 0 Å². The molecule has 0 bridgehead atoms. The number of rotatable bonds is 6. The topological polar surface area (TPSA) is 122 Å². The van der Waals surface area contributed by atoms with Gasteiger partial charge in [-0.15, -0.1) is 0 Å². The SMILES string of the molecule is CCOc1cc([C@@H]2[C@@H]3C(=O)N(c4ccc([N+](=O)[O-])cc4)C(=O)[C@H]3ON2c2ccccc2)cc(Br)c1O. The number of amides is 2. The number of benzene rings is 3. The molecule has 11 heteroatoms. The Bertz CT molecular complexity index is 1350. The van der Waals surface area contributed by atoms with Crippen molar-refractivity contribution in [2.24, 2.45) is 5.92 Å². The summed E-state index contributed by atoms with van der Waals surface area (Å²) in [5.74, 6) is -1.83. The average Bonchev–Trinajstić information content (AvgIpc) is 3.38. The molecule has 10 nitrogen and oxygen atoms in total. The summed E-state index contributed by atoms with van der Waals surface area (Å²) < 4.78 is 5.95. The third-order valence-electron chi connectivity index (χ3n) is 6.14. The monoisotopic (exact) mass is 553 g/mol. The second-order valence-electron chi connectivity index (χ2n) is 8.23. The number of nitro benzene ring substituents is 1. The minimum absolute atomic E-state index is 0.0799. The van der Waals surface area contributed by atoms with Crippen LogP contribution in [0.4, 0.5) is 17.1 Å². The zero-order valence-electron chi connectivity index (χ0n) is 18.9. The minimum Gasteiger partial charge on any atom is -0.503 e. The van der Waals surface area contributed by atoms with E-state index in [9.17, 15) is 24.8 Å². The average molecular weight is 554 g/mol. The Kier molecular flexibility index (Phi) is 6.10. The van der Waals surface area contributed by atoms with Gasteiger partial charge in [-0.25, -0.2) is 9.96 Å². The Hall–Kier alpha value is -3.96. The van der Waals surface area contributed by atoms with Crippen molar-refractivity contribution in [3.05, 3.63) is 86.9 Å². The van der Waals surface area contributed by atoms with Crippen molar-refractivity contribution in [2.75, 3.05) is 16.6 Å². The number of hydrogen-bond acceptors (Lipinski definition) is 8. The van der Waals surface area contributed by atoms with Gasteiger partial charge in [-0.3, -0.25) is 24.5 Å². The van der Waals surface area contributed by atoms with E-state index in [0.717, 1.165) is 4.90 Å². The van der Waals surface area contributed by atoms with Crippen LogP contribution in [0.15, 0.2) is 71.2 Å². The zero-order chi connectivity index (χ0) is 25.6. The van der Waals surface area contributed by atoms with Gasteiger partial charge in [0.15, 0.2) is 17.6 Å². The molecule has 2 heterocycles. The van der Waals surface area contributed by atoms with E-state index in [0.29, 0.717) is 22.3 Å². The fourth-order valence-electron chi connectivity index (χ4n) is 4.56. The van der Waals surface area contributed by atoms with Crippen molar-refractivity contribution in [1.29, 1.82) is 0 Å². The minimum atomic E-state index is -1.11. The lowest BCUT2D eigenvalue weighted by atomic mass is 9.90. The molecule has 0 saturated carbocycles. The Morgan fingerprint density at radius 2 is 1.75 bits per heavy atom. The molecule has 2 fully saturated rings. The molecule has 36 heavy (non-hydrogen) atoms. The number of aromatic hydroxyl groups is 1. The number of imide groups is 1. The summed E-state index contributed by atoms with van der Waals surface area (Å²) in [5, 5.41) is 23.0. The van der Waals surface area contributed by atoms with Crippen LogP contribution in [-0.2, 0) is 14.4 Å². The van der Waals surface area contributed by atoms with Crippen LogP contribution in [-0.4, -0.2) is 34.6 Å². The lowest BCUT2D eigenvalue weighted by Crippen LogP contribution is -2.37. The summed E-state index contributed by atoms with van der Waals surface area (Å²) in [6.45, 7) is 2.09. The molecule has 0 spiro atoms. The van der Waals surface area contributed by atoms with E-state index in [1.54, 1.807) is 31.2 Å². The Labute approximate surface area is 213 Å². The summed E-state index contributed by atoms with van der Waals surface area (Å²) in [5.41, 5.74) is 1.30. The highest BCUT2D eigenvalue weighted by Crippen LogP contribution is 2.49. The van der Waals surface area contributed by atoms with Crippen LogP contribution >= 0.6 is 15.9 Å². The third-order valence-corrected chi connectivity index (χ3v) is 6.74. The molecule has 0 aliphatic carbocycles. The first-order valence-corrected chi connectivity index (χ1v) is 11.9. The molecule has 2 amide bonds. The molecule has 0 unspecified atom stereocenters. The van der Waals surface area contributed by atoms with Crippen LogP contribution in [0, 0.1) is 16.0 Å². The van der Waals surface area contributed by atoms with E-state index in [-0.39, 0.29) is 22.9 Å². The molecule has 3 aromatic carbocycles. The summed E-state index contributed by atoms with van der Waals surface area (Å²) in [4.78, 5) is 44.7. The molecular weight excluding hydrogens is 534 g/mol. The fourth-order valence-corrected chi connectivity index (χ4v) is 5.02. The summed E-state index contributed by atoms with van der Waals surface area (Å²) in [6.07, 6.45) is -1.11. The number of nitro groups is 1. The number of carbonyl (C=O) groups excluding carboxylic acids is 2. The maximum atomic E-state index is 13.7. The standard InChI is InChI=1S/C25H20BrN3O7/c1-2-35-19-13-14(12-18(26)22(19)30)21-20-23(36-28(21)16-6-4-3-5-7-16)25(32)27(24(20)31)15-8-10-17(11-9-15)29(33)34/h3-13,20-21,23,30H,2H2,1H3/t20-,21+,23-/m0/s1. The van der Waals surface area contributed by atoms with Crippen molar-refractivity contribution in [3.8, 4) is 11.5 Å². The number of fused-ring (bicyclic) bond motifs is 1. The van der Waals surface area contributed by atoms with Gasteiger partial charge in [0.05, 0.1) is 33.4 Å². The normalized spacial score (nSPS) is 21.1. The predicted molar refractivity (Wildman–Crippen MR) is 133 cm³/mol. The highest BCUT2D eigenvalue weighted by atomic mass is 79.9. The van der Waals surface area contributed by atoms with Crippen LogP contribution in [0.3, 0.4) is 0 Å². The number of phenolic OH excluding ortho intramolecular Hbond substituents is 1. The van der Waals surface area contributed by atoms with Crippen molar-refractivity contribution in [2.45, 2.75) is 19.1 Å². The second-order valence-corrected chi connectivity index (χ2v) is 9.08. The van der Waals surface area contributed by atoms with E-state index < -0.39 is 34.8 Å². The third kappa shape index (κ3) is 3.86. The van der Waals surface area contributed by atoms with E-state index in [2.05, 4.69) is 15.9 Å². The molecule has 0 aromatic heterocycles. The smallest absolute Gasteiger partial charge is 0.269 e. The number of ether oxygens (including phenoxy) is 1. The summed E-state index contributed by atoms with van der Waals surface area (Å²) >= 11 is 3.35. The van der Waals surface area contributed by atoms with Gasteiger partial charge in [0.1, 0.15) is 5.92 Å². The number of halogens is 1. The van der Waals surface area contributed by atoms with Crippen molar-refractivity contribution in [1.82, 2.24) is 0 Å². The molecule has 3 atom stereocenters. The van der Waals surface area contributed by atoms with Crippen molar-refractivity contribution < 1.29 is 29.2 Å². The highest BCUT2D eigenvalue weighted by molar-refractivity contribution is 9.10. The van der Waals surface area contributed by atoms with Crippen LogP contribution in [0.5, 0.6) is 11.5 Å². The van der Waals surface area contributed by atoms with Gasteiger partial charge in [-0.05, 0) is 64.8 Å². The summed E-state index contributed by atoms with van der Waals surface area (Å²) in [7, 11) is 0. The van der Waals surface area contributed by atoms with E-state index in [1.807, 2.05) is 18.2 Å². The molecule has 1 N–H and O–H groups in total. The first kappa shape index (κ1) is 23.8. The molecule has 184 valence electrons. The van der Waals surface area contributed by atoms with Crippen LogP contribution < -0.4 is 14.7 Å². The first-order valence-electron chi connectivity index (χ1n) is 11.1. The maximum absolute atomic E-state index is 13.7. The Morgan fingerprint density at radius 1 is 1.06 bits per heavy atom. The van der Waals surface area contributed by atoms with Gasteiger partial charge in [-0.1, -0.05) is 18.2 Å². The number of non-ortho nitro benzene ring substituents is 1. The fraction of sp³-hybridized carbons (Fsp3) is 0.200. The van der Waals surface area contributed by atoms with Gasteiger partial charge < -0.3 is 9.84 Å². The molecule has 5 rings (SSSR count). The van der Waals surface area contributed by atoms with Gasteiger partial charge in [0.25, 0.3) is 11.6 Å². The number of nitrogens with zero attached hydrogens (tertiary/aromatic N) is 3. The molecule has 2 saturated heterocycles. The highest BCUT2D eigenvalue weighted by Gasteiger charge is 2.60. The number of carbonyl (C=O) groups is 2. The van der Waals surface area contributed by atoms with E-state index in [4.69, 9.17) is 9.57 Å². The number of phenols is 1. The van der Waals surface area contributed by atoms with Gasteiger partial charge in [-0.2, -0.15) is 0 Å². The number of hydroxylamine groups is 1. The molecule has 2 aliphatic heterocycles. The second kappa shape index (κ2) is 9.25. The van der Waals surface area contributed by atoms with Gasteiger partial charge in [0, 0.05) is 12.1 Å². The summed E-state index contributed by atoms with van der Waals surface area (Å²) in [6, 6.07) is 16.8. The molecule has 2 aliphatic rings. The zero-order valence-corrected chi connectivity index (χ0v) is 20.5. The van der Waals surface area contributed by atoms with Gasteiger partial charge in [0.2, 0.25) is 5.91 Å². The van der Waals surface area contributed by atoms with Crippen LogP contribution in [0.1, 0.15) is 18.5 Å². The van der Waals surface area contributed by atoms with E-state index in [1.165, 1.54) is 29.3 Å². The largest absolute Gasteiger partial charge is 0.503 e. The van der Waals surface area contributed by atoms with Crippen LogP contribution in [0.25, 0.3) is 0 Å². The van der Waals surface area contributed by atoms with E-state index >= 15 is 0 Å². The Balaban J connectivity index is 1.59.